The fourth-order valence-corrected chi connectivity index (χ4v) is 2.01. The van der Waals surface area contributed by atoms with Crippen molar-refractivity contribution in [1.82, 2.24) is 5.43 Å². The molecule has 0 saturated carbocycles. The number of nitrogens with one attached hydrogen (secondary N) is 1. The first kappa shape index (κ1) is 20.1. The monoisotopic (exact) mass is 390 g/mol. The Morgan fingerprint density at radius 3 is 2.46 bits per heavy atom. The van der Waals surface area contributed by atoms with Crippen LogP contribution in [0.5, 0.6) is 17.2 Å². The number of nitro benzene ring substituents is 2. The Kier molecular flexibility index (Phi) is 6.41. The lowest BCUT2D eigenvalue weighted by atomic mass is 10.2. The molecule has 28 heavy (non-hydrogen) atoms. The number of hydrogen-bond donors (Lipinski definition) is 2. The number of nitrogens with zero attached hydrogens (tertiary/aromatic N) is 3. The molecule has 12 nitrogen and oxygen atoms in total. The highest BCUT2D eigenvalue weighted by atomic mass is 16.6. The van der Waals surface area contributed by atoms with Gasteiger partial charge in [0.2, 0.25) is 5.75 Å². The van der Waals surface area contributed by atoms with Crippen LogP contribution in [0.3, 0.4) is 0 Å². The van der Waals surface area contributed by atoms with Crippen LogP contribution in [-0.4, -0.2) is 40.8 Å². The average Bonchev–Trinajstić information content (AvgIpc) is 2.67. The standard InChI is InChI=1S/C16H14N4O8/c1-27-14-7-10(6-13(16(14)22)20(25)26)8-17-18-15(21)9-28-12-4-2-11(3-5-12)19(23)24/h2-8,22H,9H2,1H3,(H,18,21)/b17-8+. The van der Waals surface area contributed by atoms with Gasteiger partial charge >= 0.3 is 5.69 Å². The summed E-state index contributed by atoms with van der Waals surface area (Å²) in [4.78, 5) is 31.8. The lowest BCUT2D eigenvalue weighted by Crippen LogP contribution is -2.24. The van der Waals surface area contributed by atoms with E-state index < -0.39 is 33.8 Å². The number of hydrogen-bond acceptors (Lipinski definition) is 9. The molecule has 0 fully saturated rings. The molecule has 2 N–H and O–H groups in total. The molecule has 0 atom stereocenters. The molecule has 146 valence electrons. The molecule has 0 aliphatic carbocycles. The van der Waals surface area contributed by atoms with Gasteiger partial charge in [-0.1, -0.05) is 0 Å². The molecule has 2 rings (SSSR count). The molecule has 1 amide bonds. The molecule has 12 heteroatoms. The smallest absolute Gasteiger partial charge is 0.315 e. The highest BCUT2D eigenvalue weighted by Gasteiger charge is 2.19. The van der Waals surface area contributed by atoms with Gasteiger partial charge < -0.3 is 14.6 Å². The number of hydrazone groups is 1. The second-order valence-corrected chi connectivity index (χ2v) is 5.18. The third-order valence-corrected chi connectivity index (χ3v) is 3.31. The van der Waals surface area contributed by atoms with E-state index in [2.05, 4.69) is 10.5 Å². The van der Waals surface area contributed by atoms with Gasteiger partial charge in [0.15, 0.2) is 12.4 Å². The summed E-state index contributed by atoms with van der Waals surface area (Å²) in [5, 5.41) is 34.8. The summed E-state index contributed by atoms with van der Waals surface area (Å²) in [6.45, 7) is -0.409. The van der Waals surface area contributed by atoms with Crippen LogP contribution < -0.4 is 14.9 Å². The number of methoxy groups -OCH3 is 1. The summed E-state index contributed by atoms with van der Waals surface area (Å²) in [5.74, 6) is -1.12. The number of benzene rings is 2. The third-order valence-electron chi connectivity index (χ3n) is 3.31. The molecular formula is C16H14N4O8. The molecule has 0 spiro atoms. The minimum Gasteiger partial charge on any atom is -0.500 e. The predicted molar refractivity (Wildman–Crippen MR) is 95.6 cm³/mol. The third kappa shape index (κ3) is 5.14. The van der Waals surface area contributed by atoms with Crippen LogP contribution >= 0.6 is 0 Å². The number of aromatic hydroxyl groups is 1. The average molecular weight is 390 g/mol. The summed E-state index contributed by atoms with van der Waals surface area (Å²) in [7, 11) is 1.23. The first-order valence-electron chi connectivity index (χ1n) is 7.56. The van der Waals surface area contributed by atoms with E-state index in [0.717, 1.165) is 12.3 Å². The SMILES string of the molecule is COc1cc(/C=N/NC(=O)COc2ccc([N+](=O)[O-])cc2)cc([N+](=O)[O-])c1O. The molecule has 0 unspecified atom stereocenters. The molecular weight excluding hydrogens is 376 g/mol. The number of phenols is 1. The van der Waals surface area contributed by atoms with Crippen LogP contribution in [-0.2, 0) is 4.79 Å². The van der Waals surface area contributed by atoms with Gasteiger partial charge in [-0.05, 0) is 18.2 Å². The molecule has 0 aromatic heterocycles. The molecule has 0 radical (unpaired) electrons. The van der Waals surface area contributed by atoms with Crippen molar-refractivity contribution in [3.05, 3.63) is 62.2 Å². The highest BCUT2D eigenvalue weighted by molar-refractivity contribution is 5.85. The van der Waals surface area contributed by atoms with Crippen molar-refractivity contribution in [1.29, 1.82) is 0 Å². The quantitative estimate of drug-likeness (QED) is 0.390. The number of carbonyl (C=O) groups is 1. The Labute approximate surface area is 157 Å². The van der Waals surface area contributed by atoms with Crippen molar-refractivity contribution in [3.8, 4) is 17.2 Å². The predicted octanol–water partition coefficient (Wildman–Crippen LogP) is 1.75. The number of phenolic OH excluding ortho intramolecular Hbond substituents is 1. The first-order valence-corrected chi connectivity index (χ1v) is 7.56. The van der Waals surface area contributed by atoms with Crippen LogP contribution in [0.2, 0.25) is 0 Å². The first-order chi connectivity index (χ1) is 13.3. The van der Waals surface area contributed by atoms with Crippen molar-refractivity contribution >= 4 is 23.5 Å². The van der Waals surface area contributed by atoms with Crippen LogP contribution in [0.15, 0.2) is 41.5 Å². The number of non-ortho nitro benzene ring substituents is 1. The summed E-state index contributed by atoms with van der Waals surface area (Å²) >= 11 is 0. The maximum atomic E-state index is 11.7. The second-order valence-electron chi connectivity index (χ2n) is 5.18. The molecule has 0 aliphatic rings. The number of rotatable bonds is 8. The Bertz CT molecular complexity index is 927. The van der Waals surface area contributed by atoms with Gasteiger partial charge in [-0.25, -0.2) is 5.43 Å². The molecule has 0 aliphatic heterocycles. The highest BCUT2D eigenvalue weighted by Crippen LogP contribution is 2.36. The van der Waals surface area contributed by atoms with Gasteiger partial charge in [0, 0.05) is 23.8 Å². The zero-order valence-electron chi connectivity index (χ0n) is 14.4. The van der Waals surface area contributed by atoms with E-state index in [9.17, 15) is 30.1 Å². The van der Waals surface area contributed by atoms with Gasteiger partial charge in [-0.2, -0.15) is 5.10 Å². The van der Waals surface area contributed by atoms with E-state index in [-0.39, 0.29) is 22.7 Å². The van der Waals surface area contributed by atoms with Gasteiger partial charge in [0.05, 0.1) is 23.2 Å². The largest absolute Gasteiger partial charge is 0.500 e. The van der Waals surface area contributed by atoms with E-state index >= 15 is 0 Å². The van der Waals surface area contributed by atoms with Crippen molar-refractivity contribution in [2.75, 3.05) is 13.7 Å². The minimum absolute atomic E-state index is 0.111. The number of carbonyl (C=O) groups excluding carboxylic acids is 1. The second kappa shape index (κ2) is 8.93. The topological polar surface area (TPSA) is 166 Å². The fraction of sp³-hybridized carbons (Fsp3) is 0.125. The Balaban J connectivity index is 1.95. The van der Waals surface area contributed by atoms with Crippen LogP contribution in [0.4, 0.5) is 11.4 Å². The lowest BCUT2D eigenvalue weighted by Gasteiger charge is -2.06. The molecule has 0 bridgehead atoms. The number of nitro groups is 2. The molecule has 2 aromatic carbocycles. The van der Waals surface area contributed by atoms with Crippen molar-refractivity contribution in [2.24, 2.45) is 5.10 Å². The maximum absolute atomic E-state index is 11.7. The molecule has 0 heterocycles. The summed E-state index contributed by atoms with van der Waals surface area (Å²) in [6.07, 6.45) is 1.12. The summed E-state index contributed by atoms with van der Waals surface area (Å²) < 4.78 is 10.0. The van der Waals surface area contributed by atoms with Crippen molar-refractivity contribution in [3.63, 3.8) is 0 Å². The fourth-order valence-electron chi connectivity index (χ4n) is 2.01. The van der Waals surface area contributed by atoms with E-state index in [1.165, 1.54) is 37.4 Å². The summed E-state index contributed by atoms with van der Waals surface area (Å²) in [6, 6.07) is 7.51. The zero-order valence-corrected chi connectivity index (χ0v) is 14.4. The van der Waals surface area contributed by atoms with E-state index in [0.29, 0.717) is 0 Å². The van der Waals surface area contributed by atoms with Gasteiger partial charge in [0.1, 0.15) is 5.75 Å². The molecule has 2 aromatic rings. The molecule has 0 saturated heterocycles. The van der Waals surface area contributed by atoms with Crippen molar-refractivity contribution in [2.45, 2.75) is 0 Å². The normalized spacial score (nSPS) is 10.5. The van der Waals surface area contributed by atoms with E-state index in [1.54, 1.807) is 0 Å². The minimum atomic E-state index is -0.786. The van der Waals surface area contributed by atoms with Gasteiger partial charge in [-0.3, -0.25) is 25.0 Å². The zero-order chi connectivity index (χ0) is 20.7. The van der Waals surface area contributed by atoms with E-state index in [1.807, 2.05) is 0 Å². The van der Waals surface area contributed by atoms with E-state index in [4.69, 9.17) is 9.47 Å². The lowest BCUT2D eigenvalue weighted by molar-refractivity contribution is -0.386. The van der Waals surface area contributed by atoms with Gasteiger partial charge in [0.25, 0.3) is 11.6 Å². The van der Waals surface area contributed by atoms with Crippen molar-refractivity contribution < 1.29 is 29.2 Å². The van der Waals surface area contributed by atoms with Crippen LogP contribution in [0, 0.1) is 20.2 Å². The Morgan fingerprint density at radius 1 is 1.21 bits per heavy atom. The van der Waals surface area contributed by atoms with Crippen LogP contribution in [0.25, 0.3) is 0 Å². The number of amides is 1. The Hall–Kier alpha value is -4.22. The van der Waals surface area contributed by atoms with Crippen LogP contribution in [0.1, 0.15) is 5.56 Å². The number of ether oxygens (including phenoxy) is 2. The van der Waals surface area contributed by atoms with Gasteiger partial charge in [-0.15, -0.1) is 0 Å². The Morgan fingerprint density at radius 2 is 1.89 bits per heavy atom. The summed E-state index contributed by atoms with van der Waals surface area (Å²) in [5.41, 5.74) is 1.68. The maximum Gasteiger partial charge on any atom is 0.315 e.